The molecule has 0 aliphatic carbocycles. The van der Waals surface area contributed by atoms with Crippen LogP contribution in [0, 0.1) is 5.92 Å². The van der Waals surface area contributed by atoms with Gasteiger partial charge in [0.1, 0.15) is 0 Å². The quantitative estimate of drug-likeness (QED) is 0.628. The SMILES string of the molecule is COS(=O)N1CCC(C)CC1. The zero-order valence-electron chi connectivity index (χ0n) is 7.08. The molecule has 0 bridgehead atoms. The topological polar surface area (TPSA) is 29.5 Å². The Bertz CT molecular complexity index is 143. The summed E-state index contributed by atoms with van der Waals surface area (Å²) in [4.78, 5) is 0. The second kappa shape index (κ2) is 4.18. The van der Waals surface area contributed by atoms with E-state index < -0.39 is 11.3 Å². The average Bonchev–Trinajstić information content (AvgIpc) is 2.05. The molecule has 0 amide bonds. The first-order valence-electron chi connectivity index (χ1n) is 3.95. The second-order valence-corrected chi connectivity index (χ2v) is 4.28. The summed E-state index contributed by atoms with van der Waals surface area (Å²) < 4.78 is 17.7. The van der Waals surface area contributed by atoms with Gasteiger partial charge in [-0.05, 0) is 18.8 Å². The molecule has 1 saturated heterocycles. The van der Waals surface area contributed by atoms with Gasteiger partial charge in [0.25, 0.3) is 0 Å². The van der Waals surface area contributed by atoms with E-state index in [4.69, 9.17) is 4.18 Å². The number of piperidine rings is 1. The normalized spacial score (nSPS) is 25.3. The molecule has 3 nitrogen and oxygen atoms in total. The highest BCUT2D eigenvalue weighted by Gasteiger charge is 2.19. The maximum absolute atomic E-state index is 11.1. The van der Waals surface area contributed by atoms with Gasteiger partial charge in [0, 0.05) is 13.1 Å². The van der Waals surface area contributed by atoms with Crippen LogP contribution in [0.25, 0.3) is 0 Å². The lowest BCUT2D eigenvalue weighted by Gasteiger charge is -2.27. The lowest BCUT2D eigenvalue weighted by molar-refractivity contribution is 0.272. The van der Waals surface area contributed by atoms with E-state index in [1.807, 2.05) is 4.31 Å². The summed E-state index contributed by atoms with van der Waals surface area (Å²) in [7, 11) is 1.48. The van der Waals surface area contributed by atoms with Crippen LogP contribution in [0.15, 0.2) is 0 Å². The van der Waals surface area contributed by atoms with E-state index in [1.165, 1.54) is 7.11 Å². The van der Waals surface area contributed by atoms with Gasteiger partial charge in [0.15, 0.2) is 0 Å². The summed E-state index contributed by atoms with van der Waals surface area (Å²) in [6.07, 6.45) is 2.27. The molecule has 1 heterocycles. The van der Waals surface area contributed by atoms with Gasteiger partial charge in [0.2, 0.25) is 11.3 Å². The van der Waals surface area contributed by atoms with Gasteiger partial charge in [-0.1, -0.05) is 6.92 Å². The molecule has 4 heteroatoms. The third-order valence-corrected chi connectivity index (χ3v) is 3.17. The third kappa shape index (κ3) is 2.54. The van der Waals surface area contributed by atoms with Crippen molar-refractivity contribution in [1.82, 2.24) is 4.31 Å². The number of hydrogen-bond acceptors (Lipinski definition) is 2. The lowest BCUT2D eigenvalue weighted by atomic mass is 10.0. The Morgan fingerprint density at radius 1 is 1.45 bits per heavy atom. The maximum atomic E-state index is 11.1. The number of nitrogens with zero attached hydrogens (tertiary/aromatic N) is 1. The van der Waals surface area contributed by atoms with Crippen molar-refractivity contribution in [2.75, 3.05) is 20.2 Å². The summed E-state index contributed by atoms with van der Waals surface area (Å²) in [6.45, 7) is 4.04. The molecule has 0 aromatic carbocycles. The molecule has 1 unspecified atom stereocenters. The molecule has 1 rings (SSSR count). The van der Waals surface area contributed by atoms with Crippen LogP contribution in [0.2, 0.25) is 0 Å². The molecule has 1 fully saturated rings. The molecule has 0 radical (unpaired) electrons. The standard InChI is InChI=1S/C7H15NO2S/c1-7-3-5-8(6-4-7)11(9)10-2/h7H,3-6H2,1-2H3. The summed E-state index contributed by atoms with van der Waals surface area (Å²) in [5.74, 6) is 0.778. The van der Waals surface area contributed by atoms with Crippen molar-refractivity contribution in [2.24, 2.45) is 5.92 Å². The Balaban J connectivity index is 2.33. The van der Waals surface area contributed by atoms with Crippen molar-refractivity contribution in [3.63, 3.8) is 0 Å². The molecule has 1 atom stereocenters. The second-order valence-electron chi connectivity index (χ2n) is 3.00. The Morgan fingerprint density at radius 2 is 2.00 bits per heavy atom. The van der Waals surface area contributed by atoms with E-state index in [0.717, 1.165) is 31.8 Å². The predicted octanol–water partition coefficient (Wildman–Crippen LogP) is 0.943. The lowest BCUT2D eigenvalue weighted by Crippen LogP contribution is -2.34. The minimum atomic E-state index is -1.20. The van der Waals surface area contributed by atoms with Crippen LogP contribution in [-0.4, -0.2) is 28.7 Å². The zero-order chi connectivity index (χ0) is 8.27. The van der Waals surface area contributed by atoms with Gasteiger partial charge >= 0.3 is 0 Å². The first-order chi connectivity index (χ1) is 5.24. The fourth-order valence-corrected chi connectivity index (χ4v) is 1.96. The maximum Gasteiger partial charge on any atom is 0.236 e. The molecule has 11 heavy (non-hydrogen) atoms. The van der Waals surface area contributed by atoms with Gasteiger partial charge in [-0.15, -0.1) is 0 Å². The first kappa shape index (κ1) is 9.16. The smallest absolute Gasteiger partial charge is 0.236 e. The van der Waals surface area contributed by atoms with Crippen LogP contribution < -0.4 is 0 Å². The van der Waals surface area contributed by atoms with Gasteiger partial charge in [-0.2, -0.15) is 0 Å². The molecule has 0 spiro atoms. The Hall–Kier alpha value is 0.0700. The molecule has 0 saturated carbocycles. The third-order valence-electron chi connectivity index (χ3n) is 2.10. The molecule has 1 aliphatic heterocycles. The van der Waals surface area contributed by atoms with Crippen LogP contribution in [0.3, 0.4) is 0 Å². The van der Waals surface area contributed by atoms with E-state index in [-0.39, 0.29) is 0 Å². The van der Waals surface area contributed by atoms with E-state index in [9.17, 15) is 4.21 Å². The van der Waals surface area contributed by atoms with Gasteiger partial charge in [0.05, 0.1) is 7.11 Å². The molecule has 0 aromatic heterocycles. The number of hydrogen-bond donors (Lipinski definition) is 0. The molecule has 0 N–H and O–H groups in total. The van der Waals surface area contributed by atoms with Gasteiger partial charge < -0.3 is 0 Å². The van der Waals surface area contributed by atoms with Crippen molar-refractivity contribution in [1.29, 1.82) is 0 Å². The highest BCUT2D eigenvalue weighted by atomic mass is 32.2. The van der Waals surface area contributed by atoms with Crippen LogP contribution >= 0.6 is 0 Å². The fourth-order valence-electron chi connectivity index (χ4n) is 1.24. The van der Waals surface area contributed by atoms with Crippen molar-refractivity contribution < 1.29 is 8.39 Å². The Kier molecular flexibility index (Phi) is 3.48. The zero-order valence-corrected chi connectivity index (χ0v) is 7.89. The molecule has 0 aromatic rings. The van der Waals surface area contributed by atoms with Crippen LogP contribution in [0.5, 0.6) is 0 Å². The van der Waals surface area contributed by atoms with E-state index >= 15 is 0 Å². The molecule has 66 valence electrons. The van der Waals surface area contributed by atoms with Gasteiger partial charge in [-0.25, -0.2) is 8.51 Å². The minimum Gasteiger partial charge on any atom is -0.281 e. The highest BCUT2D eigenvalue weighted by molar-refractivity contribution is 7.77. The van der Waals surface area contributed by atoms with Crippen molar-refractivity contribution in [2.45, 2.75) is 19.8 Å². The van der Waals surface area contributed by atoms with Crippen LogP contribution in [0.1, 0.15) is 19.8 Å². The molecular weight excluding hydrogens is 162 g/mol. The average molecular weight is 177 g/mol. The molecule has 1 aliphatic rings. The monoisotopic (exact) mass is 177 g/mol. The summed E-state index contributed by atoms with van der Waals surface area (Å²) in [6, 6.07) is 0. The summed E-state index contributed by atoms with van der Waals surface area (Å²) in [5.41, 5.74) is 0. The minimum absolute atomic E-state index is 0.778. The van der Waals surface area contributed by atoms with Crippen molar-refractivity contribution in [3.05, 3.63) is 0 Å². The largest absolute Gasteiger partial charge is 0.281 e. The van der Waals surface area contributed by atoms with E-state index in [2.05, 4.69) is 6.92 Å². The van der Waals surface area contributed by atoms with Crippen molar-refractivity contribution >= 4 is 11.3 Å². The van der Waals surface area contributed by atoms with Crippen LogP contribution in [-0.2, 0) is 15.4 Å². The van der Waals surface area contributed by atoms with Gasteiger partial charge in [-0.3, -0.25) is 4.18 Å². The fraction of sp³-hybridized carbons (Fsp3) is 1.00. The van der Waals surface area contributed by atoms with E-state index in [1.54, 1.807) is 0 Å². The summed E-state index contributed by atoms with van der Waals surface area (Å²) >= 11 is -1.20. The number of rotatable bonds is 2. The van der Waals surface area contributed by atoms with Crippen molar-refractivity contribution in [3.8, 4) is 0 Å². The summed E-state index contributed by atoms with van der Waals surface area (Å²) in [5, 5.41) is 0. The first-order valence-corrected chi connectivity index (χ1v) is 4.98. The predicted molar refractivity (Wildman–Crippen MR) is 45.1 cm³/mol. The molecular formula is C7H15NO2S. The van der Waals surface area contributed by atoms with E-state index in [0.29, 0.717) is 0 Å². The highest BCUT2D eigenvalue weighted by Crippen LogP contribution is 2.17. The Labute approximate surface area is 70.5 Å². The Morgan fingerprint density at radius 3 is 2.45 bits per heavy atom. The van der Waals surface area contributed by atoms with Crippen LogP contribution in [0.4, 0.5) is 0 Å².